The van der Waals surface area contributed by atoms with Crippen molar-refractivity contribution < 1.29 is 18.7 Å². The van der Waals surface area contributed by atoms with Gasteiger partial charge in [0.15, 0.2) is 17.2 Å². The lowest BCUT2D eigenvalue weighted by Crippen LogP contribution is -2.15. The quantitative estimate of drug-likeness (QED) is 0.731. The Bertz CT molecular complexity index is 1030. The Labute approximate surface area is 161 Å². The lowest BCUT2D eigenvalue weighted by atomic mass is 10.2. The number of hydrogen-bond donors (Lipinski definition) is 1. The molecule has 0 saturated heterocycles. The standard InChI is InChI=1S/C21H20FN3O3/c1-27-18-11-8-14(12-19(18)28-2)23-21(26)20-16-4-3-5-17(16)25(24-20)15-9-6-13(22)7-10-15/h6-12H,3-5H2,1-2H3,(H,23,26). The van der Waals surface area contributed by atoms with Gasteiger partial charge in [0.1, 0.15) is 5.82 Å². The summed E-state index contributed by atoms with van der Waals surface area (Å²) in [6.45, 7) is 0. The number of nitrogens with zero attached hydrogens (tertiary/aromatic N) is 2. The van der Waals surface area contributed by atoms with Crippen LogP contribution in [0.15, 0.2) is 42.5 Å². The minimum absolute atomic E-state index is 0.286. The highest BCUT2D eigenvalue weighted by molar-refractivity contribution is 6.04. The number of benzene rings is 2. The first-order chi connectivity index (χ1) is 13.6. The van der Waals surface area contributed by atoms with Gasteiger partial charge in [0.25, 0.3) is 5.91 Å². The SMILES string of the molecule is COc1ccc(NC(=O)c2nn(-c3ccc(F)cc3)c3c2CCC3)cc1OC. The number of anilines is 1. The van der Waals surface area contributed by atoms with E-state index in [1.165, 1.54) is 12.1 Å². The number of halogens is 1. The molecule has 0 spiro atoms. The molecule has 1 heterocycles. The second-order valence-corrected chi connectivity index (χ2v) is 6.54. The molecule has 0 atom stereocenters. The van der Waals surface area contributed by atoms with Crippen LogP contribution in [0.5, 0.6) is 11.5 Å². The summed E-state index contributed by atoms with van der Waals surface area (Å²) in [5.74, 6) is 0.523. The van der Waals surface area contributed by atoms with E-state index in [-0.39, 0.29) is 11.7 Å². The average molecular weight is 381 g/mol. The van der Waals surface area contributed by atoms with Crippen molar-refractivity contribution >= 4 is 11.6 Å². The zero-order valence-electron chi connectivity index (χ0n) is 15.7. The van der Waals surface area contributed by atoms with Crippen molar-refractivity contribution in [1.29, 1.82) is 0 Å². The average Bonchev–Trinajstić information content (AvgIpc) is 3.31. The molecule has 0 bridgehead atoms. The van der Waals surface area contributed by atoms with Crippen molar-refractivity contribution in [3.8, 4) is 17.2 Å². The number of carbonyl (C=O) groups is 1. The Morgan fingerprint density at radius 2 is 1.82 bits per heavy atom. The first-order valence-corrected chi connectivity index (χ1v) is 9.01. The number of hydrogen-bond acceptors (Lipinski definition) is 4. The van der Waals surface area contributed by atoms with Crippen LogP contribution in [-0.4, -0.2) is 29.9 Å². The topological polar surface area (TPSA) is 65.4 Å². The Hall–Kier alpha value is -3.35. The van der Waals surface area contributed by atoms with Crippen molar-refractivity contribution in [2.45, 2.75) is 19.3 Å². The zero-order valence-corrected chi connectivity index (χ0v) is 15.7. The number of fused-ring (bicyclic) bond motifs is 1. The minimum Gasteiger partial charge on any atom is -0.493 e. The smallest absolute Gasteiger partial charge is 0.276 e. The summed E-state index contributed by atoms with van der Waals surface area (Å²) < 4.78 is 25.5. The summed E-state index contributed by atoms with van der Waals surface area (Å²) >= 11 is 0. The van der Waals surface area contributed by atoms with E-state index < -0.39 is 0 Å². The molecule has 0 fully saturated rings. The molecular formula is C21H20FN3O3. The molecule has 6 nitrogen and oxygen atoms in total. The van der Waals surface area contributed by atoms with Crippen LogP contribution < -0.4 is 14.8 Å². The molecule has 4 rings (SSSR count). The molecule has 7 heteroatoms. The molecule has 2 aromatic carbocycles. The molecule has 1 N–H and O–H groups in total. The highest BCUT2D eigenvalue weighted by Gasteiger charge is 2.27. The monoisotopic (exact) mass is 381 g/mol. The summed E-state index contributed by atoms with van der Waals surface area (Å²) in [5.41, 5.74) is 3.67. The normalized spacial score (nSPS) is 12.5. The van der Waals surface area contributed by atoms with E-state index in [0.717, 1.165) is 36.2 Å². The Morgan fingerprint density at radius 3 is 2.54 bits per heavy atom. The van der Waals surface area contributed by atoms with Gasteiger partial charge in [-0.1, -0.05) is 0 Å². The van der Waals surface area contributed by atoms with Crippen molar-refractivity contribution in [3.05, 3.63) is 65.2 Å². The fourth-order valence-corrected chi connectivity index (χ4v) is 3.52. The number of ether oxygens (including phenoxy) is 2. The third kappa shape index (κ3) is 3.19. The summed E-state index contributed by atoms with van der Waals surface area (Å²) in [5, 5.41) is 7.41. The minimum atomic E-state index is -0.307. The van der Waals surface area contributed by atoms with Gasteiger partial charge >= 0.3 is 0 Å². The fourth-order valence-electron chi connectivity index (χ4n) is 3.52. The second kappa shape index (κ2) is 7.34. The molecule has 1 aromatic heterocycles. The molecule has 0 aliphatic heterocycles. The summed E-state index contributed by atoms with van der Waals surface area (Å²) in [7, 11) is 3.10. The van der Waals surface area contributed by atoms with Gasteiger partial charge in [-0.3, -0.25) is 4.79 Å². The van der Waals surface area contributed by atoms with Gasteiger partial charge < -0.3 is 14.8 Å². The van der Waals surface area contributed by atoms with Crippen LogP contribution in [0.1, 0.15) is 28.2 Å². The maximum Gasteiger partial charge on any atom is 0.276 e. The maximum atomic E-state index is 13.3. The molecule has 1 aliphatic rings. The van der Waals surface area contributed by atoms with Gasteiger partial charge in [-0.25, -0.2) is 9.07 Å². The van der Waals surface area contributed by atoms with Crippen LogP contribution in [0.25, 0.3) is 5.69 Å². The highest BCUT2D eigenvalue weighted by atomic mass is 19.1. The van der Waals surface area contributed by atoms with Crippen molar-refractivity contribution in [2.75, 3.05) is 19.5 Å². The molecule has 3 aromatic rings. The highest BCUT2D eigenvalue weighted by Crippen LogP contribution is 2.31. The number of rotatable bonds is 5. The first kappa shape index (κ1) is 18.0. The van der Waals surface area contributed by atoms with E-state index in [0.29, 0.717) is 22.9 Å². The first-order valence-electron chi connectivity index (χ1n) is 9.01. The van der Waals surface area contributed by atoms with E-state index in [9.17, 15) is 9.18 Å². The second-order valence-electron chi connectivity index (χ2n) is 6.54. The number of amides is 1. The van der Waals surface area contributed by atoms with Gasteiger partial charge in [-0.15, -0.1) is 0 Å². The van der Waals surface area contributed by atoms with Crippen molar-refractivity contribution in [3.63, 3.8) is 0 Å². The van der Waals surface area contributed by atoms with Crippen LogP contribution in [-0.2, 0) is 12.8 Å². The molecule has 144 valence electrons. The van der Waals surface area contributed by atoms with E-state index in [1.807, 2.05) is 0 Å². The van der Waals surface area contributed by atoms with Gasteiger partial charge in [0, 0.05) is 23.0 Å². The lowest BCUT2D eigenvalue weighted by molar-refractivity contribution is 0.102. The van der Waals surface area contributed by atoms with Crippen LogP contribution in [0.4, 0.5) is 10.1 Å². The van der Waals surface area contributed by atoms with Crippen LogP contribution >= 0.6 is 0 Å². The predicted octanol–water partition coefficient (Wildman–Crippen LogP) is 3.77. The summed E-state index contributed by atoms with van der Waals surface area (Å²) in [6, 6.07) is 11.3. The Kier molecular flexibility index (Phi) is 4.73. The molecule has 1 amide bonds. The zero-order chi connectivity index (χ0) is 19.7. The third-order valence-corrected chi connectivity index (χ3v) is 4.86. The molecule has 0 saturated carbocycles. The van der Waals surface area contributed by atoms with Crippen molar-refractivity contribution in [1.82, 2.24) is 9.78 Å². The number of carbonyl (C=O) groups excluding carboxylic acids is 1. The number of nitrogens with one attached hydrogen (secondary N) is 1. The molecule has 0 radical (unpaired) electrons. The fraction of sp³-hybridized carbons (Fsp3) is 0.238. The van der Waals surface area contributed by atoms with E-state index in [4.69, 9.17) is 9.47 Å². The van der Waals surface area contributed by atoms with Gasteiger partial charge in [-0.2, -0.15) is 5.10 Å². The molecule has 28 heavy (non-hydrogen) atoms. The van der Waals surface area contributed by atoms with E-state index >= 15 is 0 Å². The van der Waals surface area contributed by atoms with Crippen LogP contribution in [0, 0.1) is 5.82 Å². The lowest BCUT2D eigenvalue weighted by Gasteiger charge is -2.10. The van der Waals surface area contributed by atoms with Gasteiger partial charge in [0.05, 0.1) is 19.9 Å². The number of aromatic nitrogens is 2. The maximum absolute atomic E-state index is 13.3. The van der Waals surface area contributed by atoms with Crippen molar-refractivity contribution in [2.24, 2.45) is 0 Å². The Morgan fingerprint density at radius 1 is 1.07 bits per heavy atom. The van der Waals surface area contributed by atoms with E-state index in [2.05, 4.69) is 10.4 Å². The predicted molar refractivity (Wildman–Crippen MR) is 103 cm³/mol. The summed E-state index contributed by atoms with van der Waals surface area (Å²) in [6.07, 6.45) is 2.60. The molecule has 0 unspecified atom stereocenters. The van der Waals surface area contributed by atoms with Crippen LogP contribution in [0.2, 0.25) is 0 Å². The van der Waals surface area contributed by atoms with Gasteiger partial charge in [-0.05, 0) is 55.7 Å². The Balaban J connectivity index is 1.65. The summed E-state index contributed by atoms with van der Waals surface area (Å²) in [4.78, 5) is 12.9. The number of methoxy groups -OCH3 is 2. The third-order valence-electron chi connectivity index (χ3n) is 4.86. The van der Waals surface area contributed by atoms with Gasteiger partial charge in [0.2, 0.25) is 0 Å². The molecule has 1 aliphatic carbocycles. The molecular weight excluding hydrogens is 361 g/mol. The van der Waals surface area contributed by atoms with E-state index in [1.54, 1.807) is 49.2 Å². The van der Waals surface area contributed by atoms with Crippen LogP contribution in [0.3, 0.4) is 0 Å². The largest absolute Gasteiger partial charge is 0.493 e.